The first kappa shape index (κ1) is 13.3. The zero-order valence-electron chi connectivity index (χ0n) is 11.2. The number of aryl methyl sites for hydroxylation is 1. The molecule has 2 rings (SSSR count). The topological polar surface area (TPSA) is 18.5 Å². The van der Waals surface area contributed by atoms with Crippen molar-refractivity contribution in [1.29, 1.82) is 0 Å². The summed E-state index contributed by atoms with van der Waals surface area (Å²) < 4.78 is 13.1. The number of halogens is 1. The van der Waals surface area contributed by atoms with Crippen molar-refractivity contribution in [1.82, 2.24) is 9.80 Å². The Hall–Kier alpha value is -1.13. The van der Waals surface area contributed by atoms with E-state index in [0.717, 1.165) is 50.5 Å². The van der Waals surface area contributed by atoms with E-state index in [9.17, 15) is 4.39 Å². The van der Waals surface area contributed by atoms with Gasteiger partial charge in [-0.1, -0.05) is 6.07 Å². The molecule has 1 aromatic rings. The average Bonchev–Trinajstić information content (AvgIpc) is 2.36. The van der Waals surface area contributed by atoms with Gasteiger partial charge < -0.3 is 10.2 Å². The summed E-state index contributed by atoms with van der Waals surface area (Å²) in [5.74, 6) is -0.178. The maximum absolute atomic E-state index is 13.1. The van der Waals surface area contributed by atoms with Gasteiger partial charge >= 0.3 is 0 Å². The molecular weight excluding hydrogens is 229 g/mol. The molecule has 1 aliphatic heterocycles. The molecule has 0 aromatic heterocycles. The molecule has 18 heavy (non-hydrogen) atoms. The van der Waals surface area contributed by atoms with E-state index in [1.54, 1.807) is 6.07 Å². The molecule has 0 radical (unpaired) electrons. The maximum atomic E-state index is 13.1. The first-order valence-electron chi connectivity index (χ1n) is 6.56. The van der Waals surface area contributed by atoms with Crippen molar-refractivity contribution in [2.75, 3.05) is 51.6 Å². The van der Waals surface area contributed by atoms with E-state index in [2.05, 4.69) is 22.2 Å². The van der Waals surface area contributed by atoms with Gasteiger partial charge in [0.15, 0.2) is 0 Å². The molecule has 0 spiro atoms. The molecule has 1 aromatic carbocycles. The number of hydrogen-bond acceptors (Lipinski definition) is 3. The molecule has 0 amide bonds. The van der Waals surface area contributed by atoms with Crippen molar-refractivity contribution in [3.05, 3.63) is 29.6 Å². The summed E-state index contributed by atoms with van der Waals surface area (Å²) in [6, 6.07) is 4.88. The number of piperazine rings is 1. The van der Waals surface area contributed by atoms with Crippen LogP contribution in [0.5, 0.6) is 0 Å². The van der Waals surface area contributed by atoms with Gasteiger partial charge in [0.25, 0.3) is 0 Å². The average molecular weight is 251 g/mol. The zero-order chi connectivity index (χ0) is 13.0. The van der Waals surface area contributed by atoms with Crippen molar-refractivity contribution in [3.8, 4) is 0 Å². The minimum atomic E-state index is -0.178. The van der Waals surface area contributed by atoms with Crippen molar-refractivity contribution in [2.24, 2.45) is 0 Å². The summed E-state index contributed by atoms with van der Waals surface area (Å²) >= 11 is 0. The number of likely N-dealkylation sites (N-methyl/N-ethyl adjacent to an activating group) is 1. The minimum absolute atomic E-state index is 0.178. The Labute approximate surface area is 109 Å². The summed E-state index contributed by atoms with van der Waals surface area (Å²) in [6.45, 7) is 8.41. The molecule has 0 aliphatic carbocycles. The lowest BCUT2D eigenvalue weighted by atomic mass is 10.2. The van der Waals surface area contributed by atoms with Crippen LogP contribution < -0.4 is 5.32 Å². The molecule has 1 heterocycles. The van der Waals surface area contributed by atoms with Crippen LogP contribution in [0.4, 0.5) is 10.1 Å². The molecule has 0 unspecified atom stereocenters. The second-order valence-corrected chi connectivity index (χ2v) is 5.03. The normalized spacial score (nSPS) is 17.9. The number of anilines is 1. The third-order valence-corrected chi connectivity index (χ3v) is 3.54. The van der Waals surface area contributed by atoms with Gasteiger partial charge in [-0.3, -0.25) is 4.90 Å². The van der Waals surface area contributed by atoms with E-state index in [1.807, 2.05) is 13.0 Å². The highest BCUT2D eigenvalue weighted by atomic mass is 19.1. The highest BCUT2D eigenvalue weighted by Crippen LogP contribution is 2.15. The first-order valence-corrected chi connectivity index (χ1v) is 6.56. The molecule has 3 nitrogen and oxygen atoms in total. The summed E-state index contributed by atoms with van der Waals surface area (Å²) in [4.78, 5) is 4.79. The van der Waals surface area contributed by atoms with Crippen molar-refractivity contribution >= 4 is 5.69 Å². The SMILES string of the molecule is Cc1ccc(F)cc1NCCN1CCN(C)CC1. The Bertz CT molecular complexity index is 387. The highest BCUT2D eigenvalue weighted by molar-refractivity contribution is 5.50. The summed E-state index contributed by atoms with van der Waals surface area (Å²) in [7, 11) is 2.16. The monoisotopic (exact) mass is 251 g/mol. The number of rotatable bonds is 4. The largest absolute Gasteiger partial charge is 0.383 e. The van der Waals surface area contributed by atoms with Gasteiger partial charge in [0.2, 0.25) is 0 Å². The van der Waals surface area contributed by atoms with Gasteiger partial charge in [0, 0.05) is 45.0 Å². The molecule has 1 saturated heterocycles. The Balaban J connectivity index is 1.76. The van der Waals surface area contributed by atoms with Crippen LogP contribution in [0.1, 0.15) is 5.56 Å². The minimum Gasteiger partial charge on any atom is -0.383 e. The Kier molecular flexibility index (Phi) is 4.55. The predicted octanol–water partition coefficient (Wildman–Crippen LogP) is 1.79. The van der Waals surface area contributed by atoms with Gasteiger partial charge in [0.1, 0.15) is 5.82 Å². The van der Waals surface area contributed by atoms with E-state index in [1.165, 1.54) is 6.07 Å². The Morgan fingerprint density at radius 3 is 2.67 bits per heavy atom. The maximum Gasteiger partial charge on any atom is 0.125 e. The molecule has 1 fully saturated rings. The highest BCUT2D eigenvalue weighted by Gasteiger charge is 2.12. The van der Waals surface area contributed by atoms with E-state index >= 15 is 0 Å². The summed E-state index contributed by atoms with van der Waals surface area (Å²) in [5, 5.41) is 3.32. The lowest BCUT2D eigenvalue weighted by Gasteiger charge is -2.32. The van der Waals surface area contributed by atoms with Crippen molar-refractivity contribution < 1.29 is 4.39 Å². The molecule has 100 valence electrons. The zero-order valence-corrected chi connectivity index (χ0v) is 11.2. The number of hydrogen-bond donors (Lipinski definition) is 1. The third kappa shape index (κ3) is 3.68. The predicted molar refractivity (Wildman–Crippen MR) is 73.6 cm³/mol. The van der Waals surface area contributed by atoms with Crippen LogP contribution in [-0.2, 0) is 0 Å². The van der Waals surface area contributed by atoms with E-state index < -0.39 is 0 Å². The smallest absolute Gasteiger partial charge is 0.125 e. The Morgan fingerprint density at radius 1 is 1.22 bits per heavy atom. The molecule has 0 bridgehead atoms. The van der Waals surface area contributed by atoms with Crippen molar-refractivity contribution in [3.63, 3.8) is 0 Å². The first-order chi connectivity index (χ1) is 8.65. The van der Waals surface area contributed by atoms with Crippen LogP contribution in [0, 0.1) is 12.7 Å². The summed E-state index contributed by atoms with van der Waals surface area (Å²) in [6.07, 6.45) is 0. The molecule has 1 aliphatic rings. The standard InChI is InChI=1S/C14H22FN3/c1-12-3-4-13(15)11-14(12)16-5-6-18-9-7-17(2)8-10-18/h3-4,11,16H,5-10H2,1-2H3. The number of nitrogens with one attached hydrogen (secondary N) is 1. The summed E-state index contributed by atoms with van der Waals surface area (Å²) in [5.41, 5.74) is 2.00. The van der Waals surface area contributed by atoms with Crippen LogP contribution >= 0.6 is 0 Å². The van der Waals surface area contributed by atoms with Crippen molar-refractivity contribution in [2.45, 2.75) is 6.92 Å². The van der Waals surface area contributed by atoms with Crippen LogP contribution in [0.2, 0.25) is 0 Å². The molecule has 0 saturated carbocycles. The lowest BCUT2D eigenvalue weighted by molar-refractivity contribution is 0.158. The van der Waals surface area contributed by atoms with E-state index in [0.29, 0.717) is 0 Å². The van der Waals surface area contributed by atoms with Crippen LogP contribution in [-0.4, -0.2) is 56.1 Å². The second-order valence-electron chi connectivity index (χ2n) is 5.03. The second kappa shape index (κ2) is 6.16. The number of benzene rings is 1. The lowest BCUT2D eigenvalue weighted by Crippen LogP contribution is -2.45. The van der Waals surface area contributed by atoms with Gasteiger partial charge in [-0.05, 0) is 31.7 Å². The van der Waals surface area contributed by atoms with Gasteiger partial charge in [-0.15, -0.1) is 0 Å². The molecule has 1 N–H and O–H groups in total. The molecule has 4 heteroatoms. The fourth-order valence-electron chi connectivity index (χ4n) is 2.20. The van der Waals surface area contributed by atoms with Crippen LogP contribution in [0.3, 0.4) is 0 Å². The Morgan fingerprint density at radius 2 is 1.94 bits per heavy atom. The number of nitrogens with zero attached hydrogens (tertiary/aromatic N) is 2. The van der Waals surface area contributed by atoms with Gasteiger partial charge in [-0.25, -0.2) is 4.39 Å². The van der Waals surface area contributed by atoms with E-state index in [-0.39, 0.29) is 5.82 Å². The fraction of sp³-hybridized carbons (Fsp3) is 0.571. The van der Waals surface area contributed by atoms with Crippen LogP contribution in [0.15, 0.2) is 18.2 Å². The van der Waals surface area contributed by atoms with Gasteiger partial charge in [0.05, 0.1) is 0 Å². The van der Waals surface area contributed by atoms with E-state index in [4.69, 9.17) is 0 Å². The van der Waals surface area contributed by atoms with Gasteiger partial charge in [-0.2, -0.15) is 0 Å². The fourth-order valence-corrected chi connectivity index (χ4v) is 2.20. The quantitative estimate of drug-likeness (QED) is 0.880. The molecular formula is C14H22FN3. The molecule has 0 atom stereocenters. The van der Waals surface area contributed by atoms with Crippen LogP contribution in [0.25, 0.3) is 0 Å². The third-order valence-electron chi connectivity index (χ3n) is 3.54.